The molecule has 0 amide bonds. The van der Waals surface area contributed by atoms with E-state index < -0.39 is 24.5 Å². The first kappa shape index (κ1) is 14.7. The van der Waals surface area contributed by atoms with E-state index in [1.54, 1.807) is 15.9 Å². The highest BCUT2D eigenvalue weighted by atomic mass is 32.1. The van der Waals surface area contributed by atoms with Gasteiger partial charge in [0.2, 0.25) is 0 Å². The third kappa shape index (κ3) is 2.25. The zero-order chi connectivity index (χ0) is 16.0. The Kier molecular flexibility index (Phi) is 3.58. The van der Waals surface area contributed by atoms with Crippen LogP contribution in [0.2, 0.25) is 0 Å². The molecule has 0 radical (unpaired) electrons. The van der Waals surface area contributed by atoms with Crippen LogP contribution >= 0.6 is 11.3 Å². The maximum Gasteiger partial charge on any atom is 0.166 e. The van der Waals surface area contributed by atoms with Crippen LogP contribution in [0.5, 0.6) is 0 Å². The SMILES string of the molecule is OC[C@H]1O[C@@H](n2cnc3c(-c4ccsc4)ncnc32)[C@H](O)[C@@H]1O. The minimum absolute atomic E-state index is 0.378. The van der Waals surface area contributed by atoms with Crippen molar-refractivity contribution in [3.63, 3.8) is 0 Å². The zero-order valence-electron chi connectivity index (χ0n) is 11.9. The van der Waals surface area contributed by atoms with E-state index >= 15 is 0 Å². The zero-order valence-corrected chi connectivity index (χ0v) is 12.7. The third-order valence-corrected chi connectivity index (χ3v) is 4.63. The average Bonchev–Trinajstić information content (AvgIpc) is 3.28. The molecule has 120 valence electrons. The van der Waals surface area contributed by atoms with Crippen molar-refractivity contribution in [3.8, 4) is 11.3 Å². The predicted molar refractivity (Wildman–Crippen MR) is 81.6 cm³/mol. The highest BCUT2D eigenvalue weighted by molar-refractivity contribution is 7.08. The van der Waals surface area contributed by atoms with Crippen molar-refractivity contribution in [1.82, 2.24) is 19.5 Å². The molecule has 0 aromatic carbocycles. The maximum atomic E-state index is 10.2. The summed E-state index contributed by atoms with van der Waals surface area (Å²) in [6.07, 6.45) is -1.13. The molecule has 1 aliphatic rings. The number of ether oxygens (including phenoxy) is 1. The standard InChI is InChI=1S/C14H14N4O4S/c19-3-8-11(20)12(21)14(22-8)18-6-17-10-9(7-1-2-23-4-7)15-5-16-13(10)18/h1-2,4-6,8,11-12,14,19-21H,3H2/t8-,11-,12-,14-/m1/s1. The molecule has 23 heavy (non-hydrogen) atoms. The van der Waals surface area contributed by atoms with Crippen molar-refractivity contribution in [1.29, 1.82) is 0 Å². The van der Waals surface area contributed by atoms with E-state index in [4.69, 9.17) is 4.74 Å². The van der Waals surface area contributed by atoms with Gasteiger partial charge >= 0.3 is 0 Å². The molecule has 4 heterocycles. The summed E-state index contributed by atoms with van der Waals surface area (Å²) in [6.45, 7) is -0.378. The van der Waals surface area contributed by atoms with Gasteiger partial charge in [-0.3, -0.25) is 4.57 Å². The molecule has 0 saturated carbocycles. The highest BCUT2D eigenvalue weighted by Crippen LogP contribution is 2.33. The molecule has 4 rings (SSSR count). The van der Waals surface area contributed by atoms with Crippen LogP contribution in [-0.2, 0) is 4.74 Å². The largest absolute Gasteiger partial charge is 0.394 e. The van der Waals surface area contributed by atoms with Gasteiger partial charge in [0.1, 0.15) is 35.8 Å². The Morgan fingerprint density at radius 3 is 2.78 bits per heavy atom. The number of rotatable bonds is 3. The predicted octanol–water partition coefficient (Wildman–Crippen LogP) is 0.166. The Bertz CT molecular complexity index is 821. The molecule has 3 N–H and O–H groups in total. The second-order valence-corrected chi connectivity index (χ2v) is 6.07. The fourth-order valence-corrected chi connectivity index (χ4v) is 3.40. The fourth-order valence-electron chi connectivity index (χ4n) is 2.76. The van der Waals surface area contributed by atoms with Gasteiger partial charge in [0, 0.05) is 10.9 Å². The van der Waals surface area contributed by atoms with E-state index in [1.165, 1.54) is 12.7 Å². The van der Waals surface area contributed by atoms with Crippen LogP contribution in [0.25, 0.3) is 22.4 Å². The summed E-state index contributed by atoms with van der Waals surface area (Å²) in [6, 6.07) is 1.94. The summed E-state index contributed by atoms with van der Waals surface area (Å²) in [5, 5.41) is 33.2. The highest BCUT2D eigenvalue weighted by Gasteiger charge is 2.44. The van der Waals surface area contributed by atoms with Gasteiger partial charge in [-0.05, 0) is 11.4 Å². The summed E-state index contributed by atoms with van der Waals surface area (Å²) < 4.78 is 7.08. The molecule has 1 aliphatic heterocycles. The van der Waals surface area contributed by atoms with Crippen molar-refractivity contribution in [2.45, 2.75) is 24.5 Å². The normalized spacial score (nSPS) is 27.8. The smallest absolute Gasteiger partial charge is 0.166 e. The third-order valence-electron chi connectivity index (χ3n) is 3.94. The molecular weight excluding hydrogens is 320 g/mol. The number of aliphatic hydroxyl groups is 3. The van der Waals surface area contributed by atoms with Gasteiger partial charge in [0.15, 0.2) is 11.9 Å². The summed E-state index contributed by atoms with van der Waals surface area (Å²) in [7, 11) is 0. The molecular formula is C14H14N4O4S. The Morgan fingerprint density at radius 2 is 2.09 bits per heavy atom. The van der Waals surface area contributed by atoms with E-state index in [1.807, 2.05) is 16.8 Å². The minimum atomic E-state index is -1.18. The van der Waals surface area contributed by atoms with Gasteiger partial charge in [0.25, 0.3) is 0 Å². The average molecular weight is 334 g/mol. The number of aromatic nitrogens is 4. The first-order valence-corrected chi connectivity index (χ1v) is 7.97. The van der Waals surface area contributed by atoms with Crippen molar-refractivity contribution in [2.24, 2.45) is 0 Å². The second-order valence-electron chi connectivity index (χ2n) is 5.29. The number of hydrogen-bond donors (Lipinski definition) is 3. The molecule has 0 aliphatic carbocycles. The summed E-state index contributed by atoms with van der Waals surface area (Å²) in [5.74, 6) is 0. The number of thiophene rings is 1. The molecule has 8 nitrogen and oxygen atoms in total. The van der Waals surface area contributed by atoms with Crippen LogP contribution in [0, 0.1) is 0 Å². The van der Waals surface area contributed by atoms with Gasteiger partial charge in [-0.2, -0.15) is 11.3 Å². The molecule has 0 bridgehead atoms. The quantitative estimate of drug-likeness (QED) is 0.625. The Labute approximate surface area is 134 Å². The van der Waals surface area contributed by atoms with Crippen molar-refractivity contribution in [3.05, 3.63) is 29.5 Å². The topological polar surface area (TPSA) is 114 Å². The van der Waals surface area contributed by atoms with Gasteiger partial charge in [-0.15, -0.1) is 0 Å². The monoisotopic (exact) mass is 334 g/mol. The molecule has 1 saturated heterocycles. The number of hydrogen-bond acceptors (Lipinski definition) is 8. The van der Waals surface area contributed by atoms with E-state index in [0.717, 1.165) is 5.56 Å². The lowest BCUT2D eigenvalue weighted by molar-refractivity contribution is -0.0511. The Morgan fingerprint density at radius 1 is 1.22 bits per heavy atom. The molecule has 0 spiro atoms. The van der Waals surface area contributed by atoms with Crippen LogP contribution in [0.1, 0.15) is 6.23 Å². The first-order valence-electron chi connectivity index (χ1n) is 7.03. The van der Waals surface area contributed by atoms with Crippen molar-refractivity contribution in [2.75, 3.05) is 6.61 Å². The molecule has 0 unspecified atom stereocenters. The summed E-state index contributed by atoms with van der Waals surface area (Å²) in [5.41, 5.74) is 2.72. The first-order chi connectivity index (χ1) is 11.2. The Balaban J connectivity index is 1.80. The lowest BCUT2D eigenvalue weighted by Crippen LogP contribution is -2.33. The van der Waals surface area contributed by atoms with Gasteiger partial charge in [-0.25, -0.2) is 15.0 Å². The molecule has 3 aromatic heterocycles. The van der Waals surface area contributed by atoms with Gasteiger partial charge < -0.3 is 20.1 Å². The molecule has 9 heteroatoms. The van der Waals surface area contributed by atoms with E-state index in [-0.39, 0.29) is 6.61 Å². The number of aliphatic hydroxyl groups excluding tert-OH is 3. The summed E-state index contributed by atoms with van der Waals surface area (Å²) in [4.78, 5) is 12.8. The van der Waals surface area contributed by atoms with Crippen molar-refractivity contribution >= 4 is 22.5 Å². The van der Waals surface area contributed by atoms with Crippen LogP contribution in [0.4, 0.5) is 0 Å². The Hall–Kier alpha value is -1.91. The number of nitrogens with zero attached hydrogens (tertiary/aromatic N) is 4. The number of fused-ring (bicyclic) bond motifs is 1. The van der Waals surface area contributed by atoms with Gasteiger partial charge in [0.05, 0.1) is 12.9 Å². The van der Waals surface area contributed by atoms with E-state index in [9.17, 15) is 15.3 Å². The lowest BCUT2D eigenvalue weighted by atomic mass is 10.1. The second kappa shape index (κ2) is 5.62. The van der Waals surface area contributed by atoms with Crippen LogP contribution < -0.4 is 0 Å². The van der Waals surface area contributed by atoms with Crippen LogP contribution in [-0.4, -0.2) is 59.8 Å². The molecule has 4 atom stereocenters. The molecule has 1 fully saturated rings. The van der Waals surface area contributed by atoms with Crippen LogP contribution in [0.3, 0.4) is 0 Å². The minimum Gasteiger partial charge on any atom is -0.394 e. The molecule has 3 aromatic rings. The van der Waals surface area contributed by atoms with E-state index in [2.05, 4.69) is 15.0 Å². The van der Waals surface area contributed by atoms with Crippen LogP contribution in [0.15, 0.2) is 29.5 Å². The van der Waals surface area contributed by atoms with E-state index in [0.29, 0.717) is 16.9 Å². The lowest BCUT2D eigenvalue weighted by Gasteiger charge is -2.16. The maximum absolute atomic E-state index is 10.2. The number of imidazole rings is 1. The summed E-state index contributed by atoms with van der Waals surface area (Å²) >= 11 is 1.56. The fraction of sp³-hybridized carbons (Fsp3) is 0.357. The van der Waals surface area contributed by atoms with Gasteiger partial charge in [-0.1, -0.05) is 0 Å². The van der Waals surface area contributed by atoms with Crippen molar-refractivity contribution < 1.29 is 20.1 Å².